The van der Waals surface area contributed by atoms with Crippen LogP contribution in [0.15, 0.2) is 59.7 Å². The van der Waals surface area contributed by atoms with E-state index in [-0.39, 0.29) is 17.8 Å². The minimum Gasteiger partial charge on any atom is -0.322 e. The number of carbonyl (C=O) groups excluding carboxylic acids is 1. The van der Waals surface area contributed by atoms with Crippen LogP contribution in [-0.2, 0) is 11.3 Å². The van der Waals surface area contributed by atoms with Crippen LogP contribution in [0.2, 0.25) is 0 Å². The lowest BCUT2D eigenvalue weighted by molar-refractivity contribution is -0.116. The quantitative estimate of drug-likeness (QED) is 0.381. The first-order valence-electron chi connectivity index (χ1n) is 10.7. The minimum absolute atomic E-state index is 0.0719. The summed E-state index contributed by atoms with van der Waals surface area (Å²) in [6.45, 7) is 5.62. The van der Waals surface area contributed by atoms with E-state index in [4.69, 9.17) is 4.98 Å². The molecule has 2 aromatic carbocycles. The molecule has 0 aliphatic carbocycles. The first kappa shape index (κ1) is 21.9. The summed E-state index contributed by atoms with van der Waals surface area (Å²) in [4.78, 5) is 35.4. The molecule has 5 rings (SSSR count). The summed E-state index contributed by atoms with van der Waals surface area (Å²) in [7, 11) is 0. The number of thiophene rings is 1. The maximum atomic E-state index is 14.1. The first-order valence-corrected chi connectivity index (χ1v) is 11.5. The van der Waals surface area contributed by atoms with Crippen LogP contribution in [0.4, 0.5) is 10.1 Å². The molecule has 34 heavy (non-hydrogen) atoms. The Bertz CT molecular complexity index is 1650. The Kier molecular flexibility index (Phi) is 5.45. The van der Waals surface area contributed by atoms with Crippen molar-refractivity contribution in [2.24, 2.45) is 0 Å². The molecule has 1 N–H and O–H groups in total. The molecule has 0 bridgehead atoms. The highest BCUT2D eigenvalue weighted by molar-refractivity contribution is 7.25. The van der Waals surface area contributed by atoms with E-state index >= 15 is 0 Å². The maximum absolute atomic E-state index is 14.1. The van der Waals surface area contributed by atoms with Crippen LogP contribution in [-0.4, -0.2) is 20.4 Å². The molecule has 0 atom stereocenters. The van der Waals surface area contributed by atoms with Crippen LogP contribution in [0.1, 0.15) is 16.7 Å². The zero-order valence-corrected chi connectivity index (χ0v) is 19.7. The number of anilines is 1. The number of hydrogen-bond acceptors (Lipinski definition) is 5. The van der Waals surface area contributed by atoms with E-state index in [2.05, 4.69) is 36.3 Å². The molecule has 0 aliphatic rings. The Hall–Kier alpha value is -3.91. The lowest BCUT2D eigenvalue weighted by atomic mass is 10.0. The number of aryl methyl sites for hydroxylation is 3. The van der Waals surface area contributed by atoms with Crippen LogP contribution in [0, 0.1) is 26.6 Å². The topological polar surface area (TPSA) is 76.9 Å². The molecule has 3 heterocycles. The van der Waals surface area contributed by atoms with Gasteiger partial charge < -0.3 is 5.32 Å². The van der Waals surface area contributed by atoms with Gasteiger partial charge in [-0.15, -0.1) is 11.3 Å². The zero-order chi connectivity index (χ0) is 24.0. The van der Waals surface area contributed by atoms with Crippen molar-refractivity contribution in [1.82, 2.24) is 14.5 Å². The summed E-state index contributed by atoms with van der Waals surface area (Å²) in [6, 6.07) is 14.6. The predicted octanol–water partition coefficient (Wildman–Crippen LogP) is 5.38. The monoisotopic (exact) mass is 472 g/mol. The molecule has 170 valence electrons. The number of pyridine rings is 1. The molecule has 0 spiro atoms. The second-order valence-corrected chi connectivity index (χ2v) is 9.34. The van der Waals surface area contributed by atoms with E-state index in [0.717, 1.165) is 22.2 Å². The molecule has 0 fully saturated rings. The predicted molar refractivity (Wildman–Crippen MR) is 134 cm³/mol. The van der Waals surface area contributed by atoms with Crippen LogP contribution < -0.4 is 10.9 Å². The van der Waals surface area contributed by atoms with Crippen molar-refractivity contribution in [3.05, 3.63) is 87.7 Å². The van der Waals surface area contributed by atoms with Gasteiger partial charge in [-0.3, -0.25) is 14.2 Å². The van der Waals surface area contributed by atoms with Crippen molar-refractivity contribution in [2.75, 3.05) is 5.32 Å². The number of fused-ring (bicyclic) bond motifs is 3. The lowest BCUT2D eigenvalue weighted by Gasteiger charge is -2.08. The second kappa shape index (κ2) is 8.46. The zero-order valence-electron chi connectivity index (χ0n) is 18.8. The van der Waals surface area contributed by atoms with Gasteiger partial charge in [-0.2, -0.15) is 0 Å². The fraction of sp³-hybridized carbons (Fsp3) is 0.154. The van der Waals surface area contributed by atoms with Gasteiger partial charge in [-0.05, 0) is 67.8 Å². The molecule has 0 saturated carbocycles. The summed E-state index contributed by atoms with van der Waals surface area (Å²) in [5.41, 5.74) is 5.28. The Labute approximate surface area is 198 Å². The number of aromatic nitrogens is 3. The van der Waals surface area contributed by atoms with Gasteiger partial charge in [0, 0.05) is 10.9 Å². The Morgan fingerprint density at radius 2 is 1.88 bits per heavy atom. The van der Waals surface area contributed by atoms with Crippen LogP contribution in [0.25, 0.3) is 31.7 Å². The Balaban J connectivity index is 1.47. The van der Waals surface area contributed by atoms with Gasteiger partial charge in [0.15, 0.2) is 0 Å². The highest BCUT2D eigenvalue weighted by atomic mass is 32.1. The molecule has 1 amide bonds. The number of nitrogens with zero attached hydrogens (tertiary/aromatic N) is 3. The van der Waals surface area contributed by atoms with E-state index in [0.29, 0.717) is 15.0 Å². The molecule has 0 radical (unpaired) electrons. The summed E-state index contributed by atoms with van der Waals surface area (Å²) in [5.74, 6) is -1.04. The van der Waals surface area contributed by atoms with Crippen molar-refractivity contribution in [3.8, 4) is 11.3 Å². The maximum Gasteiger partial charge on any atom is 0.271 e. The van der Waals surface area contributed by atoms with Crippen LogP contribution in [0.3, 0.4) is 0 Å². The van der Waals surface area contributed by atoms with Gasteiger partial charge in [0.25, 0.3) is 5.56 Å². The molecular weight excluding hydrogens is 451 g/mol. The largest absolute Gasteiger partial charge is 0.322 e. The van der Waals surface area contributed by atoms with Gasteiger partial charge in [-0.1, -0.05) is 18.2 Å². The molecular formula is C26H21FN4O2S. The van der Waals surface area contributed by atoms with Crippen molar-refractivity contribution in [1.29, 1.82) is 0 Å². The van der Waals surface area contributed by atoms with Crippen molar-refractivity contribution >= 4 is 43.4 Å². The highest BCUT2D eigenvalue weighted by Gasteiger charge is 2.16. The van der Waals surface area contributed by atoms with E-state index in [9.17, 15) is 14.0 Å². The standard InChI is InChI=1S/C26H21FN4O2S/c1-14-4-8-21(19(27)10-14)29-22(32)12-31-13-28-23-18-7-9-20(17-6-5-15(2)16(3)11-17)30-25(18)34-24(23)26(31)33/h4-11,13H,12H2,1-3H3,(H,29,32). The van der Waals surface area contributed by atoms with Crippen molar-refractivity contribution < 1.29 is 9.18 Å². The smallest absolute Gasteiger partial charge is 0.271 e. The molecule has 8 heteroatoms. The molecule has 6 nitrogen and oxygen atoms in total. The van der Waals surface area contributed by atoms with E-state index in [1.807, 2.05) is 18.2 Å². The number of amides is 1. The number of halogens is 1. The average molecular weight is 473 g/mol. The Morgan fingerprint density at radius 3 is 2.65 bits per heavy atom. The molecule has 5 aromatic rings. The molecule has 0 aliphatic heterocycles. The van der Waals surface area contributed by atoms with Gasteiger partial charge in [0.05, 0.1) is 23.2 Å². The third-order valence-corrected chi connectivity index (χ3v) is 6.90. The fourth-order valence-electron chi connectivity index (χ4n) is 3.79. The third kappa shape index (κ3) is 3.97. The molecule has 0 saturated heterocycles. The third-order valence-electron chi connectivity index (χ3n) is 5.83. The summed E-state index contributed by atoms with van der Waals surface area (Å²) >= 11 is 1.26. The first-order chi connectivity index (χ1) is 16.3. The Morgan fingerprint density at radius 1 is 1.06 bits per heavy atom. The molecule has 3 aromatic heterocycles. The van der Waals surface area contributed by atoms with Crippen LogP contribution in [0.5, 0.6) is 0 Å². The van der Waals surface area contributed by atoms with Gasteiger partial charge in [-0.25, -0.2) is 14.4 Å². The number of benzene rings is 2. The van der Waals surface area contributed by atoms with Gasteiger partial charge >= 0.3 is 0 Å². The number of carbonyl (C=O) groups is 1. The van der Waals surface area contributed by atoms with Crippen LogP contribution >= 0.6 is 11.3 Å². The van der Waals surface area contributed by atoms with E-state index in [1.54, 1.807) is 13.0 Å². The normalized spacial score (nSPS) is 11.3. The van der Waals surface area contributed by atoms with Crippen molar-refractivity contribution in [3.63, 3.8) is 0 Å². The lowest BCUT2D eigenvalue weighted by Crippen LogP contribution is -2.27. The summed E-state index contributed by atoms with van der Waals surface area (Å²) in [5, 5.41) is 3.31. The minimum atomic E-state index is -0.524. The SMILES string of the molecule is Cc1ccc(NC(=O)Cn2cnc3c(sc4nc(-c5ccc(C)c(C)c5)ccc43)c2=O)c(F)c1. The fourth-order valence-corrected chi connectivity index (χ4v) is 4.87. The van der Waals surface area contributed by atoms with Gasteiger partial charge in [0.1, 0.15) is 21.9 Å². The van der Waals surface area contributed by atoms with Crippen molar-refractivity contribution in [2.45, 2.75) is 27.3 Å². The number of hydrogen-bond donors (Lipinski definition) is 1. The number of nitrogens with one attached hydrogen (secondary N) is 1. The molecule has 0 unspecified atom stereocenters. The number of rotatable bonds is 4. The van der Waals surface area contributed by atoms with Gasteiger partial charge in [0.2, 0.25) is 5.91 Å². The second-order valence-electron chi connectivity index (χ2n) is 8.34. The summed E-state index contributed by atoms with van der Waals surface area (Å²) in [6.07, 6.45) is 1.35. The van der Waals surface area contributed by atoms with E-state index < -0.39 is 11.7 Å². The highest BCUT2D eigenvalue weighted by Crippen LogP contribution is 2.31. The van der Waals surface area contributed by atoms with E-state index in [1.165, 1.54) is 45.5 Å². The summed E-state index contributed by atoms with van der Waals surface area (Å²) < 4.78 is 15.7. The average Bonchev–Trinajstić information content (AvgIpc) is 3.18.